The zero-order chi connectivity index (χ0) is 41.5. The highest BCUT2D eigenvalue weighted by Gasteiger charge is 2.50. The van der Waals surface area contributed by atoms with Crippen LogP contribution < -0.4 is 19.6 Å². The van der Waals surface area contributed by atoms with Gasteiger partial charge in [-0.25, -0.2) is 0 Å². The second-order valence-corrected chi connectivity index (χ2v) is 14.4. The molecule has 0 spiro atoms. The average molecular weight is 809 g/mol. The van der Waals surface area contributed by atoms with Crippen molar-refractivity contribution in [3.63, 3.8) is 0 Å². The van der Waals surface area contributed by atoms with Gasteiger partial charge in [-0.1, -0.05) is 11.6 Å². The van der Waals surface area contributed by atoms with Crippen molar-refractivity contribution in [2.45, 2.75) is 113 Å². The van der Waals surface area contributed by atoms with Gasteiger partial charge < -0.3 is 88.6 Å². The lowest BCUT2D eigenvalue weighted by Crippen LogP contribution is -2.62. The third-order valence-corrected chi connectivity index (χ3v) is 10.1. The SMILES string of the molecule is COc1ccc(-c2oc3c(CC=C(C)C)c(O[C@H]4O[C@@H](CO)[C@H](O)[C@@H](O)[C@@H]4O)cc(O)c3c(=O)c2O[C@H]2O[C@H](C)[C@@H](O)[C@H](O)[C@@H]2O[C@H]2OC[C@H](O)[C@@H](O)[C@@H]2O)cc1. The molecule has 57 heavy (non-hydrogen) atoms. The predicted octanol–water partition coefficient (Wildman–Crippen LogP) is -1.47. The number of hydrogen-bond acceptors (Lipinski definition) is 19. The molecule has 3 aromatic rings. The van der Waals surface area contributed by atoms with Gasteiger partial charge in [-0.15, -0.1) is 0 Å². The fourth-order valence-corrected chi connectivity index (χ4v) is 6.71. The van der Waals surface area contributed by atoms with E-state index in [0.29, 0.717) is 5.75 Å². The minimum Gasteiger partial charge on any atom is -0.507 e. The molecular weight excluding hydrogens is 760 g/mol. The topological polar surface area (TPSA) is 297 Å². The highest BCUT2D eigenvalue weighted by molar-refractivity contribution is 5.91. The molecule has 1 aromatic heterocycles. The average Bonchev–Trinajstić information content (AvgIpc) is 3.19. The smallest absolute Gasteiger partial charge is 0.239 e. The number of phenols is 1. The Hall–Kier alpha value is -3.93. The summed E-state index contributed by atoms with van der Waals surface area (Å²) in [6.45, 7) is 3.84. The van der Waals surface area contributed by atoms with Crippen LogP contribution in [0.25, 0.3) is 22.3 Å². The van der Waals surface area contributed by atoms with Gasteiger partial charge >= 0.3 is 0 Å². The van der Waals surface area contributed by atoms with E-state index in [0.717, 1.165) is 11.6 Å². The minimum absolute atomic E-state index is 0.0184. The van der Waals surface area contributed by atoms with E-state index in [9.17, 15) is 55.9 Å². The minimum atomic E-state index is -1.81. The highest BCUT2D eigenvalue weighted by Crippen LogP contribution is 2.42. The molecule has 0 aliphatic carbocycles. The molecule has 3 aliphatic heterocycles. The molecule has 14 atom stereocenters. The molecule has 19 heteroatoms. The Morgan fingerprint density at radius 2 is 1.53 bits per heavy atom. The number of methoxy groups -OCH3 is 1. The molecule has 0 saturated carbocycles. The van der Waals surface area contributed by atoms with Gasteiger partial charge in [0, 0.05) is 17.2 Å². The number of benzene rings is 2. The predicted molar refractivity (Wildman–Crippen MR) is 193 cm³/mol. The molecule has 0 radical (unpaired) electrons. The Morgan fingerprint density at radius 1 is 0.842 bits per heavy atom. The molecule has 10 N–H and O–H groups in total. The van der Waals surface area contributed by atoms with E-state index in [2.05, 4.69) is 0 Å². The molecule has 0 unspecified atom stereocenters. The number of aliphatic hydroxyl groups excluding tert-OH is 9. The largest absolute Gasteiger partial charge is 0.507 e. The van der Waals surface area contributed by atoms with Gasteiger partial charge in [-0.2, -0.15) is 0 Å². The van der Waals surface area contributed by atoms with Crippen LogP contribution in [0.5, 0.6) is 23.0 Å². The number of phenolic OH excluding ortho intramolecular Hbond substituents is 1. The summed E-state index contributed by atoms with van der Waals surface area (Å²) in [6.07, 6.45) is -21.0. The van der Waals surface area contributed by atoms with Gasteiger partial charge in [-0.3, -0.25) is 4.79 Å². The maximum Gasteiger partial charge on any atom is 0.239 e. The number of ether oxygens (including phenoxy) is 7. The first-order valence-electron chi connectivity index (χ1n) is 18.2. The van der Waals surface area contributed by atoms with Gasteiger partial charge in [0.2, 0.25) is 23.8 Å². The highest BCUT2D eigenvalue weighted by atomic mass is 16.8. The first-order chi connectivity index (χ1) is 27.1. The lowest BCUT2D eigenvalue weighted by molar-refractivity contribution is -0.341. The summed E-state index contributed by atoms with van der Waals surface area (Å²) >= 11 is 0. The Morgan fingerprint density at radius 3 is 2.18 bits per heavy atom. The third-order valence-electron chi connectivity index (χ3n) is 10.1. The van der Waals surface area contributed by atoms with Crippen molar-refractivity contribution in [3.8, 4) is 34.3 Å². The molecule has 6 rings (SSSR count). The molecule has 3 fully saturated rings. The molecule has 314 valence electrons. The molecule has 19 nitrogen and oxygen atoms in total. The van der Waals surface area contributed by atoms with E-state index in [-0.39, 0.29) is 34.6 Å². The third kappa shape index (κ3) is 8.48. The fourth-order valence-electron chi connectivity index (χ4n) is 6.71. The van der Waals surface area contributed by atoms with E-state index in [1.54, 1.807) is 32.1 Å². The molecule has 2 aromatic carbocycles. The summed E-state index contributed by atoms with van der Waals surface area (Å²) in [5.41, 5.74) is 0.0639. The van der Waals surface area contributed by atoms with E-state index < -0.39 is 122 Å². The van der Waals surface area contributed by atoms with Crippen molar-refractivity contribution in [1.29, 1.82) is 0 Å². The molecule has 0 bridgehead atoms. The van der Waals surface area contributed by atoms with Crippen LogP contribution in [0, 0.1) is 0 Å². The summed E-state index contributed by atoms with van der Waals surface area (Å²) in [5.74, 6) is -1.21. The number of allylic oxidation sites excluding steroid dienone is 2. The van der Waals surface area contributed by atoms with E-state index >= 15 is 0 Å². The van der Waals surface area contributed by atoms with E-state index in [1.807, 2.05) is 0 Å². The molecule has 0 amide bonds. The number of aromatic hydroxyl groups is 1. The van der Waals surface area contributed by atoms with Crippen LogP contribution in [0.15, 0.2) is 51.2 Å². The standard InChI is InChI=1S/C38H48O19/c1-14(2)5-10-18-21(53-37-31(49)28(46)26(44)22(12-39)54-37)11-19(40)23-27(45)34(32(55-33(18)23)16-6-8-17(50-4)9-7-16)56-38-35(29(47)24(42)15(3)52-38)57-36-30(48)25(43)20(41)13-51-36/h5-9,11,15,20,22,24-26,28-31,35-44,46-49H,10,12-13H2,1-4H3/t15-,20+,22+,24-,25-,26+,28-,29+,30+,31+,35+,36-,37+,38-/m1/s1. The van der Waals surface area contributed by atoms with Gasteiger partial charge in [0.05, 0.1) is 26.4 Å². The van der Waals surface area contributed by atoms with Crippen LogP contribution in [0.4, 0.5) is 0 Å². The van der Waals surface area contributed by atoms with Crippen LogP contribution in [0.2, 0.25) is 0 Å². The van der Waals surface area contributed by atoms with Crippen molar-refractivity contribution in [1.82, 2.24) is 0 Å². The van der Waals surface area contributed by atoms with Crippen LogP contribution >= 0.6 is 0 Å². The molecule has 4 heterocycles. The van der Waals surface area contributed by atoms with Crippen molar-refractivity contribution >= 4 is 11.0 Å². The first-order valence-corrected chi connectivity index (χ1v) is 18.2. The zero-order valence-electron chi connectivity index (χ0n) is 31.3. The first kappa shape index (κ1) is 42.7. The summed E-state index contributed by atoms with van der Waals surface area (Å²) in [4.78, 5) is 14.7. The number of hydrogen-bond donors (Lipinski definition) is 10. The number of fused-ring (bicyclic) bond motifs is 1. The Kier molecular flexibility index (Phi) is 13.1. The monoisotopic (exact) mass is 808 g/mol. The molecule has 3 saturated heterocycles. The quantitative estimate of drug-likeness (QED) is 0.0990. The van der Waals surface area contributed by atoms with Crippen LogP contribution in [-0.2, 0) is 25.4 Å². The zero-order valence-corrected chi connectivity index (χ0v) is 31.3. The Bertz CT molecular complexity index is 1940. The van der Waals surface area contributed by atoms with Gasteiger partial charge in [0.15, 0.2) is 18.2 Å². The lowest BCUT2D eigenvalue weighted by Gasteiger charge is -2.44. The maximum absolute atomic E-state index is 14.7. The summed E-state index contributed by atoms with van der Waals surface area (Å²) in [5, 5.41) is 105. The second kappa shape index (κ2) is 17.5. The van der Waals surface area contributed by atoms with Crippen molar-refractivity contribution in [2.75, 3.05) is 20.3 Å². The van der Waals surface area contributed by atoms with Crippen molar-refractivity contribution < 1.29 is 88.6 Å². The normalized spacial score (nSPS) is 34.5. The summed E-state index contributed by atoms with van der Waals surface area (Å²) < 4.78 is 46.5. The lowest BCUT2D eigenvalue weighted by atomic mass is 9.98. The van der Waals surface area contributed by atoms with Crippen LogP contribution in [0.3, 0.4) is 0 Å². The number of aliphatic hydroxyl groups is 9. The van der Waals surface area contributed by atoms with Crippen LogP contribution in [0.1, 0.15) is 26.3 Å². The maximum atomic E-state index is 14.7. The Labute approximate surface area is 325 Å². The van der Waals surface area contributed by atoms with Crippen molar-refractivity contribution in [2.24, 2.45) is 0 Å². The summed E-state index contributed by atoms with van der Waals surface area (Å²) in [6, 6.07) is 7.26. The van der Waals surface area contributed by atoms with Crippen molar-refractivity contribution in [3.05, 3.63) is 57.8 Å². The van der Waals surface area contributed by atoms with Gasteiger partial charge in [0.1, 0.15) is 83.2 Å². The van der Waals surface area contributed by atoms with Crippen LogP contribution in [-0.4, -0.2) is 157 Å². The van der Waals surface area contributed by atoms with Gasteiger partial charge in [-0.05, 0) is 51.5 Å². The van der Waals surface area contributed by atoms with E-state index in [1.165, 1.54) is 26.2 Å². The molecule has 3 aliphatic rings. The van der Waals surface area contributed by atoms with Gasteiger partial charge in [0.25, 0.3) is 0 Å². The number of rotatable bonds is 11. The fraction of sp³-hybridized carbons (Fsp3) is 0.553. The van der Waals surface area contributed by atoms with E-state index in [4.69, 9.17) is 37.6 Å². The Balaban J connectivity index is 1.50. The second-order valence-electron chi connectivity index (χ2n) is 14.4. The molecular formula is C38H48O19. The summed E-state index contributed by atoms with van der Waals surface area (Å²) in [7, 11) is 1.45.